The highest BCUT2D eigenvalue weighted by molar-refractivity contribution is 7.89. The van der Waals surface area contributed by atoms with E-state index in [1.54, 1.807) is 18.2 Å². The maximum atomic E-state index is 12.6. The number of carbonyl (C=O) groups is 1. The number of sulfonamides is 1. The number of nitrogens with one attached hydrogen (secondary N) is 1. The molecule has 1 aromatic carbocycles. The lowest BCUT2D eigenvalue weighted by atomic mass is 10.1. The smallest absolute Gasteiger partial charge is 0.243 e. The van der Waals surface area contributed by atoms with Gasteiger partial charge >= 0.3 is 0 Å². The molecule has 0 aromatic heterocycles. The highest BCUT2D eigenvalue weighted by Crippen LogP contribution is 2.20. The van der Waals surface area contributed by atoms with Crippen molar-refractivity contribution in [2.75, 3.05) is 39.3 Å². The van der Waals surface area contributed by atoms with Gasteiger partial charge < -0.3 is 5.32 Å². The van der Waals surface area contributed by atoms with E-state index in [1.165, 1.54) is 10.4 Å². The van der Waals surface area contributed by atoms with Crippen molar-refractivity contribution in [2.24, 2.45) is 5.92 Å². The minimum Gasteiger partial charge on any atom is -0.355 e. The molecular formula is C17H26ClN3O3S. The van der Waals surface area contributed by atoms with Crippen LogP contribution in [-0.2, 0) is 14.8 Å². The van der Waals surface area contributed by atoms with Crippen LogP contribution in [0.4, 0.5) is 0 Å². The van der Waals surface area contributed by atoms with Crippen LogP contribution in [0.1, 0.15) is 20.3 Å². The topological polar surface area (TPSA) is 69.7 Å². The van der Waals surface area contributed by atoms with E-state index >= 15 is 0 Å². The molecule has 0 saturated carbocycles. The van der Waals surface area contributed by atoms with Crippen LogP contribution in [0.15, 0.2) is 29.2 Å². The molecule has 1 aliphatic heterocycles. The van der Waals surface area contributed by atoms with E-state index in [0.29, 0.717) is 50.2 Å². The van der Waals surface area contributed by atoms with E-state index in [4.69, 9.17) is 11.6 Å². The van der Waals surface area contributed by atoms with Gasteiger partial charge in [-0.3, -0.25) is 9.69 Å². The highest BCUT2D eigenvalue weighted by Gasteiger charge is 2.29. The first-order valence-electron chi connectivity index (χ1n) is 8.54. The predicted molar refractivity (Wildman–Crippen MR) is 99.1 cm³/mol. The van der Waals surface area contributed by atoms with Gasteiger partial charge in [0, 0.05) is 37.7 Å². The number of rotatable bonds is 7. The second kappa shape index (κ2) is 8.98. The minimum atomic E-state index is -3.54. The summed E-state index contributed by atoms with van der Waals surface area (Å²) >= 11 is 5.90. The number of nitrogens with zero attached hydrogens (tertiary/aromatic N) is 2. The standard InChI is InChI=1S/C17H26ClN3O3S/c1-14(2)6-7-19-17(22)13-20-8-10-21(11-9-20)25(23,24)16-5-3-4-15(18)12-16/h3-5,12,14H,6-11,13H2,1-2H3,(H,19,22). The van der Waals surface area contributed by atoms with Gasteiger partial charge in [-0.05, 0) is 30.5 Å². The van der Waals surface area contributed by atoms with Crippen molar-refractivity contribution in [3.05, 3.63) is 29.3 Å². The van der Waals surface area contributed by atoms with Crippen LogP contribution < -0.4 is 5.32 Å². The summed E-state index contributed by atoms with van der Waals surface area (Å²) in [5.41, 5.74) is 0. The number of amides is 1. The van der Waals surface area contributed by atoms with E-state index < -0.39 is 10.0 Å². The first-order valence-corrected chi connectivity index (χ1v) is 10.4. The van der Waals surface area contributed by atoms with E-state index in [1.807, 2.05) is 4.90 Å². The lowest BCUT2D eigenvalue weighted by molar-refractivity contribution is -0.122. The summed E-state index contributed by atoms with van der Waals surface area (Å²) in [6.07, 6.45) is 0.956. The molecule has 2 rings (SSSR count). The largest absolute Gasteiger partial charge is 0.355 e. The zero-order chi connectivity index (χ0) is 18.4. The Bertz CT molecular complexity index is 686. The molecular weight excluding hydrogens is 362 g/mol. The van der Waals surface area contributed by atoms with Crippen LogP contribution in [0, 0.1) is 5.92 Å². The van der Waals surface area contributed by atoms with Gasteiger partial charge in [-0.1, -0.05) is 31.5 Å². The number of carbonyl (C=O) groups excluding carboxylic acids is 1. The molecule has 1 aromatic rings. The van der Waals surface area contributed by atoms with Gasteiger partial charge in [0.1, 0.15) is 0 Å². The molecule has 1 amide bonds. The molecule has 0 aliphatic carbocycles. The van der Waals surface area contributed by atoms with Crippen LogP contribution in [0.3, 0.4) is 0 Å². The number of hydrogen-bond donors (Lipinski definition) is 1. The summed E-state index contributed by atoms with van der Waals surface area (Å²) in [7, 11) is -3.54. The third-order valence-electron chi connectivity index (χ3n) is 4.18. The zero-order valence-electron chi connectivity index (χ0n) is 14.7. The summed E-state index contributed by atoms with van der Waals surface area (Å²) in [5, 5.41) is 3.31. The van der Waals surface area contributed by atoms with Gasteiger partial charge in [0.15, 0.2) is 0 Å². The molecule has 8 heteroatoms. The molecule has 0 spiro atoms. The van der Waals surface area contributed by atoms with Gasteiger partial charge in [-0.25, -0.2) is 8.42 Å². The zero-order valence-corrected chi connectivity index (χ0v) is 16.3. The Morgan fingerprint density at radius 2 is 1.92 bits per heavy atom. The second-order valence-corrected chi connectivity index (χ2v) is 9.04. The molecule has 140 valence electrons. The van der Waals surface area contributed by atoms with Gasteiger partial charge in [0.2, 0.25) is 15.9 Å². The number of halogens is 1. The first-order chi connectivity index (χ1) is 11.8. The summed E-state index contributed by atoms with van der Waals surface area (Å²) in [6, 6.07) is 6.30. The molecule has 25 heavy (non-hydrogen) atoms. The highest BCUT2D eigenvalue weighted by atomic mass is 35.5. The molecule has 1 N–H and O–H groups in total. The molecule has 0 atom stereocenters. The molecule has 0 radical (unpaired) electrons. The lowest BCUT2D eigenvalue weighted by Crippen LogP contribution is -2.51. The van der Waals surface area contributed by atoms with Crippen LogP contribution in [0.25, 0.3) is 0 Å². The minimum absolute atomic E-state index is 0.00759. The summed E-state index contributed by atoms with van der Waals surface area (Å²) in [4.78, 5) is 14.1. The Morgan fingerprint density at radius 3 is 2.52 bits per heavy atom. The average Bonchev–Trinajstić information content (AvgIpc) is 2.55. The fourth-order valence-corrected chi connectivity index (χ4v) is 4.39. The van der Waals surface area contributed by atoms with Crippen LogP contribution in [0.2, 0.25) is 5.02 Å². The maximum absolute atomic E-state index is 12.6. The molecule has 1 aliphatic rings. The van der Waals surface area contributed by atoms with Crippen molar-refractivity contribution in [1.82, 2.24) is 14.5 Å². The molecule has 1 fully saturated rings. The summed E-state index contributed by atoms with van der Waals surface area (Å²) in [6.45, 7) is 7.04. The van der Waals surface area contributed by atoms with Crippen LogP contribution >= 0.6 is 11.6 Å². The Morgan fingerprint density at radius 1 is 1.24 bits per heavy atom. The van der Waals surface area contributed by atoms with Crippen LogP contribution in [-0.4, -0.2) is 62.8 Å². The predicted octanol–water partition coefficient (Wildman–Crippen LogP) is 1.81. The Labute approximate surface area is 155 Å². The van der Waals surface area contributed by atoms with Gasteiger partial charge in [0.25, 0.3) is 0 Å². The SMILES string of the molecule is CC(C)CCNC(=O)CN1CCN(S(=O)(=O)c2cccc(Cl)c2)CC1. The van der Waals surface area contributed by atoms with E-state index in [0.717, 1.165) is 6.42 Å². The van der Waals surface area contributed by atoms with Crippen molar-refractivity contribution < 1.29 is 13.2 Å². The molecule has 1 heterocycles. The van der Waals surface area contributed by atoms with Crippen molar-refractivity contribution in [2.45, 2.75) is 25.2 Å². The number of benzene rings is 1. The van der Waals surface area contributed by atoms with E-state index in [-0.39, 0.29) is 10.8 Å². The quantitative estimate of drug-likeness (QED) is 0.774. The fraction of sp³-hybridized carbons (Fsp3) is 0.588. The van der Waals surface area contributed by atoms with Crippen LogP contribution in [0.5, 0.6) is 0 Å². The Balaban J connectivity index is 1.84. The van der Waals surface area contributed by atoms with Gasteiger partial charge in [-0.15, -0.1) is 0 Å². The summed E-state index contributed by atoms with van der Waals surface area (Å²) < 4.78 is 26.7. The number of hydrogen-bond acceptors (Lipinski definition) is 4. The fourth-order valence-electron chi connectivity index (χ4n) is 2.66. The molecule has 6 nitrogen and oxygen atoms in total. The monoisotopic (exact) mass is 387 g/mol. The Hall–Kier alpha value is -1.15. The molecule has 1 saturated heterocycles. The molecule has 0 bridgehead atoms. The normalized spacial score (nSPS) is 17.0. The third kappa shape index (κ3) is 5.95. The van der Waals surface area contributed by atoms with E-state index in [9.17, 15) is 13.2 Å². The number of piperazine rings is 1. The second-order valence-electron chi connectivity index (χ2n) is 6.67. The van der Waals surface area contributed by atoms with Crippen molar-refractivity contribution >= 4 is 27.5 Å². The maximum Gasteiger partial charge on any atom is 0.243 e. The first kappa shape index (κ1) is 20.2. The molecule has 0 unspecified atom stereocenters. The van der Waals surface area contributed by atoms with Crippen molar-refractivity contribution in [1.29, 1.82) is 0 Å². The van der Waals surface area contributed by atoms with Gasteiger partial charge in [-0.2, -0.15) is 4.31 Å². The Kier molecular flexibility index (Phi) is 7.25. The van der Waals surface area contributed by atoms with Crippen molar-refractivity contribution in [3.8, 4) is 0 Å². The van der Waals surface area contributed by atoms with E-state index in [2.05, 4.69) is 19.2 Å². The summed E-state index contributed by atoms with van der Waals surface area (Å²) in [5.74, 6) is 0.548. The van der Waals surface area contributed by atoms with Crippen molar-refractivity contribution in [3.63, 3.8) is 0 Å². The lowest BCUT2D eigenvalue weighted by Gasteiger charge is -2.33. The average molecular weight is 388 g/mol. The van der Waals surface area contributed by atoms with Gasteiger partial charge in [0.05, 0.1) is 11.4 Å². The third-order valence-corrected chi connectivity index (χ3v) is 6.31.